The molecule has 2 N–H and O–H groups in total. The molecule has 1 aromatic carbocycles. The summed E-state index contributed by atoms with van der Waals surface area (Å²) >= 11 is 6.95. The molecular formula is C21H19ClN4O3S. The molecule has 0 aliphatic rings. The molecule has 0 saturated heterocycles. The van der Waals surface area contributed by atoms with Crippen LogP contribution in [0, 0.1) is 22.7 Å². The van der Waals surface area contributed by atoms with Crippen molar-refractivity contribution < 1.29 is 14.3 Å². The molecule has 0 aliphatic heterocycles. The molecule has 9 heteroatoms. The van der Waals surface area contributed by atoms with E-state index in [2.05, 4.69) is 11.1 Å². The first-order chi connectivity index (χ1) is 14.1. The number of carbonyl (C=O) groups is 2. The highest BCUT2D eigenvalue weighted by atomic mass is 35.5. The fourth-order valence-electron chi connectivity index (χ4n) is 2.63. The van der Waals surface area contributed by atoms with Crippen molar-refractivity contribution in [3.8, 4) is 23.3 Å². The Morgan fingerprint density at radius 2 is 1.80 bits per heavy atom. The molecule has 0 amide bonds. The average Bonchev–Trinajstić information content (AvgIpc) is 2.68. The van der Waals surface area contributed by atoms with Gasteiger partial charge < -0.3 is 10.5 Å². The van der Waals surface area contributed by atoms with E-state index in [1.807, 2.05) is 6.07 Å². The van der Waals surface area contributed by atoms with Crippen molar-refractivity contribution in [1.82, 2.24) is 4.98 Å². The zero-order chi connectivity index (χ0) is 22.5. The van der Waals surface area contributed by atoms with Crippen LogP contribution in [-0.4, -0.2) is 28.1 Å². The molecule has 0 bridgehead atoms. The van der Waals surface area contributed by atoms with Gasteiger partial charge in [-0.2, -0.15) is 10.5 Å². The highest BCUT2D eigenvalue weighted by Crippen LogP contribution is 2.41. The SMILES string of the molecule is CCOC(=O)CC(=O)C(C)(C)Sc1nc(N)c(C#N)c(-c2ccc(Cl)cc2)c1C#N. The molecular weight excluding hydrogens is 424 g/mol. The fourth-order valence-corrected chi connectivity index (χ4v) is 3.82. The van der Waals surface area contributed by atoms with Crippen LogP contribution in [0.4, 0.5) is 5.82 Å². The second-order valence-electron chi connectivity index (χ2n) is 6.68. The number of pyridine rings is 1. The predicted octanol–water partition coefficient (Wildman–Crippen LogP) is 4.12. The highest BCUT2D eigenvalue weighted by Gasteiger charge is 2.33. The zero-order valence-electron chi connectivity index (χ0n) is 16.7. The molecule has 0 saturated carbocycles. The molecule has 30 heavy (non-hydrogen) atoms. The fraction of sp³-hybridized carbons (Fsp3) is 0.286. The Bertz CT molecular complexity index is 1070. The van der Waals surface area contributed by atoms with Crippen LogP contribution in [0.1, 0.15) is 38.3 Å². The molecule has 0 radical (unpaired) electrons. The monoisotopic (exact) mass is 442 g/mol. The minimum absolute atomic E-state index is 0.0578. The van der Waals surface area contributed by atoms with Crippen molar-refractivity contribution in [2.75, 3.05) is 12.3 Å². The Kier molecular flexibility index (Phi) is 7.44. The van der Waals surface area contributed by atoms with E-state index in [4.69, 9.17) is 22.1 Å². The van der Waals surface area contributed by atoms with Crippen LogP contribution in [0.15, 0.2) is 29.3 Å². The summed E-state index contributed by atoms with van der Waals surface area (Å²) in [4.78, 5) is 28.5. The van der Waals surface area contributed by atoms with Gasteiger partial charge in [0.05, 0.1) is 16.9 Å². The van der Waals surface area contributed by atoms with E-state index >= 15 is 0 Å². The normalized spacial score (nSPS) is 10.7. The number of thioether (sulfide) groups is 1. The van der Waals surface area contributed by atoms with Crippen LogP contribution in [0.2, 0.25) is 5.02 Å². The Morgan fingerprint density at radius 3 is 2.33 bits per heavy atom. The molecule has 0 unspecified atom stereocenters. The van der Waals surface area contributed by atoms with E-state index in [-0.39, 0.29) is 34.4 Å². The minimum Gasteiger partial charge on any atom is -0.466 e. The summed E-state index contributed by atoms with van der Waals surface area (Å²) < 4.78 is 3.74. The molecule has 1 aromatic heterocycles. The molecule has 0 aliphatic carbocycles. The van der Waals surface area contributed by atoms with Crippen LogP contribution >= 0.6 is 23.4 Å². The van der Waals surface area contributed by atoms with E-state index in [0.29, 0.717) is 16.1 Å². The minimum atomic E-state index is -1.09. The number of Topliss-reactive ketones (excluding diaryl/α,β-unsaturated/α-hetero) is 1. The number of nitrogens with zero attached hydrogens (tertiary/aromatic N) is 3. The summed E-state index contributed by atoms with van der Waals surface area (Å²) in [6.07, 6.45) is -0.397. The lowest BCUT2D eigenvalue weighted by molar-refractivity contribution is -0.145. The zero-order valence-corrected chi connectivity index (χ0v) is 18.2. The number of carbonyl (C=O) groups excluding carboxylic acids is 2. The molecule has 154 valence electrons. The van der Waals surface area contributed by atoms with Crippen LogP contribution in [0.3, 0.4) is 0 Å². The maximum atomic E-state index is 12.6. The third kappa shape index (κ3) is 5.10. The van der Waals surface area contributed by atoms with Gasteiger partial charge in [-0.1, -0.05) is 35.5 Å². The maximum Gasteiger partial charge on any atom is 0.313 e. The van der Waals surface area contributed by atoms with Crippen molar-refractivity contribution in [2.24, 2.45) is 0 Å². The molecule has 2 aromatic rings. The summed E-state index contributed by atoms with van der Waals surface area (Å²) in [5, 5.41) is 20.1. The average molecular weight is 443 g/mol. The lowest BCUT2D eigenvalue weighted by Crippen LogP contribution is -2.30. The second-order valence-corrected chi connectivity index (χ2v) is 8.72. The molecule has 7 nitrogen and oxygen atoms in total. The van der Waals surface area contributed by atoms with Gasteiger partial charge in [0.2, 0.25) is 0 Å². The van der Waals surface area contributed by atoms with Crippen LogP contribution in [0.5, 0.6) is 0 Å². The second kappa shape index (κ2) is 9.62. The van der Waals surface area contributed by atoms with E-state index in [0.717, 1.165) is 11.8 Å². The van der Waals surface area contributed by atoms with Crippen molar-refractivity contribution >= 4 is 40.9 Å². The van der Waals surface area contributed by atoms with Crippen LogP contribution < -0.4 is 5.73 Å². The van der Waals surface area contributed by atoms with Gasteiger partial charge in [0, 0.05) is 10.6 Å². The van der Waals surface area contributed by atoms with Crippen LogP contribution in [-0.2, 0) is 14.3 Å². The van der Waals surface area contributed by atoms with Gasteiger partial charge in [0.25, 0.3) is 0 Å². The van der Waals surface area contributed by atoms with E-state index < -0.39 is 17.1 Å². The van der Waals surface area contributed by atoms with Crippen molar-refractivity contribution in [2.45, 2.75) is 37.0 Å². The summed E-state index contributed by atoms with van der Waals surface area (Å²) in [5.41, 5.74) is 7.07. The lowest BCUT2D eigenvalue weighted by Gasteiger charge is -2.23. The van der Waals surface area contributed by atoms with Crippen LogP contribution in [0.25, 0.3) is 11.1 Å². The van der Waals surface area contributed by atoms with Gasteiger partial charge >= 0.3 is 5.97 Å². The number of nitriles is 2. The van der Waals surface area contributed by atoms with Gasteiger partial charge in [0.15, 0.2) is 5.78 Å². The van der Waals surface area contributed by atoms with Gasteiger partial charge in [-0.3, -0.25) is 9.59 Å². The topological polar surface area (TPSA) is 130 Å². The third-order valence-corrected chi connectivity index (χ3v) is 5.66. The van der Waals surface area contributed by atoms with Crippen molar-refractivity contribution in [3.05, 3.63) is 40.4 Å². The van der Waals surface area contributed by atoms with Gasteiger partial charge in [0.1, 0.15) is 35.0 Å². The number of anilines is 1. The number of benzene rings is 1. The molecule has 0 spiro atoms. The maximum absolute atomic E-state index is 12.6. The Morgan fingerprint density at radius 1 is 1.20 bits per heavy atom. The largest absolute Gasteiger partial charge is 0.466 e. The molecule has 1 heterocycles. The smallest absolute Gasteiger partial charge is 0.313 e. The number of ether oxygens (including phenoxy) is 1. The van der Waals surface area contributed by atoms with E-state index in [1.54, 1.807) is 45.0 Å². The summed E-state index contributed by atoms with van der Waals surface area (Å²) in [5.74, 6) is -1.06. The number of aromatic nitrogens is 1. The summed E-state index contributed by atoms with van der Waals surface area (Å²) in [6.45, 7) is 5.08. The number of rotatable bonds is 7. The van der Waals surface area contributed by atoms with Gasteiger partial charge in [-0.15, -0.1) is 0 Å². The van der Waals surface area contributed by atoms with E-state index in [9.17, 15) is 20.1 Å². The first kappa shape index (κ1) is 23.2. The molecule has 0 fully saturated rings. The number of hydrogen-bond acceptors (Lipinski definition) is 8. The number of nitrogen functional groups attached to an aromatic ring is 1. The molecule has 2 rings (SSSR count). The third-order valence-electron chi connectivity index (χ3n) is 4.18. The van der Waals surface area contributed by atoms with Crippen molar-refractivity contribution in [1.29, 1.82) is 10.5 Å². The Labute approximate surface area is 183 Å². The first-order valence-electron chi connectivity index (χ1n) is 8.92. The Balaban J connectivity index is 2.55. The van der Waals surface area contributed by atoms with Crippen molar-refractivity contribution in [3.63, 3.8) is 0 Å². The standard InChI is InChI=1S/C21H19ClN4O3S/c1-4-29-17(28)9-16(27)21(2,3)30-20-15(11-24)18(14(10-23)19(25)26-20)12-5-7-13(22)8-6-12/h5-8H,4,9H2,1-3H3,(H2,25,26). The van der Waals surface area contributed by atoms with Gasteiger partial charge in [-0.25, -0.2) is 4.98 Å². The first-order valence-corrected chi connectivity index (χ1v) is 10.1. The quantitative estimate of drug-likeness (QED) is 0.385. The number of ketones is 1. The predicted molar refractivity (Wildman–Crippen MR) is 115 cm³/mol. The number of nitrogens with two attached hydrogens (primary N) is 1. The van der Waals surface area contributed by atoms with Gasteiger partial charge in [-0.05, 0) is 38.5 Å². The molecule has 0 atom stereocenters. The summed E-state index contributed by atoms with van der Waals surface area (Å²) in [6, 6.07) is 10.7. The Hall–Kier alpha value is -3.07. The summed E-state index contributed by atoms with van der Waals surface area (Å²) in [7, 11) is 0. The number of halogens is 1. The number of esters is 1. The highest BCUT2D eigenvalue weighted by molar-refractivity contribution is 8.01. The van der Waals surface area contributed by atoms with E-state index in [1.165, 1.54) is 0 Å². The lowest BCUT2D eigenvalue weighted by atomic mass is 9.97. The number of hydrogen-bond donors (Lipinski definition) is 1.